The number of methoxy groups -OCH3 is 3. The van der Waals surface area contributed by atoms with Gasteiger partial charge in [-0.15, -0.1) is 0 Å². The van der Waals surface area contributed by atoms with Gasteiger partial charge in [0.25, 0.3) is 5.91 Å². The van der Waals surface area contributed by atoms with E-state index in [2.05, 4.69) is 10.5 Å². The first-order valence-corrected chi connectivity index (χ1v) is 7.99. The number of hydrazone groups is 1. The van der Waals surface area contributed by atoms with Crippen LogP contribution in [0.1, 0.15) is 22.8 Å². The minimum Gasteiger partial charge on any atom is -0.494 e. The van der Waals surface area contributed by atoms with E-state index in [1.54, 1.807) is 36.4 Å². The van der Waals surface area contributed by atoms with E-state index in [9.17, 15) is 4.79 Å². The highest BCUT2D eigenvalue weighted by Gasteiger charge is 2.12. The first-order valence-electron chi connectivity index (χ1n) is 7.99. The molecule has 0 heterocycles. The predicted octanol–water partition coefficient (Wildman–Crippen LogP) is 2.88. The van der Waals surface area contributed by atoms with Crippen LogP contribution in [-0.4, -0.2) is 40.1 Å². The van der Waals surface area contributed by atoms with Crippen molar-refractivity contribution >= 4 is 12.1 Å². The molecule has 2 aromatic carbocycles. The molecule has 26 heavy (non-hydrogen) atoms. The molecular formula is C19H22N2O5. The van der Waals surface area contributed by atoms with E-state index in [-0.39, 0.29) is 5.91 Å². The lowest BCUT2D eigenvalue weighted by Crippen LogP contribution is -2.17. The molecule has 0 unspecified atom stereocenters. The van der Waals surface area contributed by atoms with Gasteiger partial charge < -0.3 is 18.9 Å². The second-order valence-corrected chi connectivity index (χ2v) is 5.12. The maximum atomic E-state index is 12.1. The largest absolute Gasteiger partial charge is 0.494 e. The highest BCUT2D eigenvalue weighted by molar-refractivity contribution is 5.95. The fraction of sp³-hybridized carbons (Fsp3) is 0.263. The molecule has 2 aromatic rings. The topological polar surface area (TPSA) is 78.4 Å². The molecule has 0 aliphatic carbocycles. The van der Waals surface area contributed by atoms with Gasteiger partial charge in [0.2, 0.25) is 5.75 Å². The fourth-order valence-corrected chi connectivity index (χ4v) is 2.28. The first-order chi connectivity index (χ1) is 12.6. The lowest BCUT2D eigenvalue weighted by atomic mass is 10.2. The zero-order valence-electron chi connectivity index (χ0n) is 15.2. The molecule has 0 atom stereocenters. The van der Waals surface area contributed by atoms with Gasteiger partial charge in [0.1, 0.15) is 5.75 Å². The summed E-state index contributed by atoms with van der Waals surface area (Å²) < 4.78 is 21.2. The van der Waals surface area contributed by atoms with Gasteiger partial charge in [0, 0.05) is 11.1 Å². The van der Waals surface area contributed by atoms with Gasteiger partial charge in [-0.2, -0.15) is 5.10 Å². The van der Waals surface area contributed by atoms with Crippen molar-refractivity contribution in [3.8, 4) is 23.0 Å². The molecular weight excluding hydrogens is 336 g/mol. The third kappa shape index (κ3) is 4.66. The standard InChI is InChI=1S/C19H22N2O5/c1-5-26-15-8-6-14(7-9-15)19(22)21-20-12-13-10-16(23-2)18(25-4)17(11-13)24-3/h6-12H,5H2,1-4H3,(H,21,22)/b20-12-. The van der Waals surface area contributed by atoms with E-state index in [0.717, 1.165) is 0 Å². The van der Waals surface area contributed by atoms with Crippen LogP contribution in [-0.2, 0) is 0 Å². The minimum absolute atomic E-state index is 0.322. The quantitative estimate of drug-likeness (QED) is 0.580. The molecule has 2 rings (SSSR count). The van der Waals surface area contributed by atoms with Crippen LogP contribution in [0.2, 0.25) is 0 Å². The van der Waals surface area contributed by atoms with Gasteiger partial charge in [0.15, 0.2) is 11.5 Å². The summed E-state index contributed by atoms with van der Waals surface area (Å²) in [4.78, 5) is 12.1. The zero-order valence-corrected chi connectivity index (χ0v) is 15.2. The van der Waals surface area contributed by atoms with Crippen molar-refractivity contribution < 1.29 is 23.7 Å². The highest BCUT2D eigenvalue weighted by Crippen LogP contribution is 2.37. The average Bonchev–Trinajstić information content (AvgIpc) is 2.67. The number of carbonyl (C=O) groups excluding carboxylic acids is 1. The van der Waals surface area contributed by atoms with E-state index in [1.807, 2.05) is 6.92 Å². The number of carbonyl (C=O) groups is 1. The van der Waals surface area contributed by atoms with E-state index < -0.39 is 0 Å². The number of rotatable bonds is 8. The zero-order chi connectivity index (χ0) is 18.9. The molecule has 0 fully saturated rings. The van der Waals surface area contributed by atoms with Crippen molar-refractivity contribution in [3.05, 3.63) is 47.5 Å². The Hall–Kier alpha value is -3.22. The Kier molecular flexibility index (Phi) is 6.84. The van der Waals surface area contributed by atoms with Crippen LogP contribution < -0.4 is 24.4 Å². The van der Waals surface area contributed by atoms with Crippen LogP contribution in [0.25, 0.3) is 0 Å². The van der Waals surface area contributed by atoms with Gasteiger partial charge in [-0.1, -0.05) is 0 Å². The molecule has 0 aliphatic rings. The summed E-state index contributed by atoms with van der Waals surface area (Å²) in [5, 5.41) is 3.98. The summed E-state index contributed by atoms with van der Waals surface area (Å²) in [5.41, 5.74) is 3.65. The van der Waals surface area contributed by atoms with E-state index in [4.69, 9.17) is 18.9 Å². The summed E-state index contributed by atoms with van der Waals surface area (Å²) in [6, 6.07) is 10.3. The molecule has 0 aromatic heterocycles. The maximum absolute atomic E-state index is 12.1. The summed E-state index contributed by atoms with van der Waals surface area (Å²) in [7, 11) is 4.60. The third-order valence-corrected chi connectivity index (χ3v) is 3.49. The normalized spacial score (nSPS) is 10.5. The molecule has 0 bridgehead atoms. The summed E-state index contributed by atoms with van der Waals surface area (Å²) in [6.07, 6.45) is 1.50. The van der Waals surface area contributed by atoms with Gasteiger partial charge >= 0.3 is 0 Å². The Morgan fingerprint density at radius 2 is 1.65 bits per heavy atom. The number of nitrogens with one attached hydrogen (secondary N) is 1. The molecule has 1 amide bonds. The van der Waals surface area contributed by atoms with Crippen LogP contribution >= 0.6 is 0 Å². The van der Waals surface area contributed by atoms with Crippen molar-refractivity contribution in [2.45, 2.75) is 6.92 Å². The number of hydrogen-bond donors (Lipinski definition) is 1. The smallest absolute Gasteiger partial charge is 0.271 e. The van der Waals surface area contributed by atoms with Gasteiger partial charge in [-0.05, 0) is 43.3 Å². The molecule has 0 radical (unpaired) electrons. The van der Waals surface area contributed by atoms with Gasteiger partial charge in [-0.25, -0.2) is 5.43 Å². The molecule has 7 nitrogen and oxygen atoms in total. The van der Waals surface area contributed by atoms with E-state index in [1.165, 1.54) is 27.5 Å². The van der Waals surface area contributed by atoms with Crippen LogP contribution in [0, 0.1) is 0 Å². The molecule has 0 aliphatic heterocycles. The SMILES string of the molecule is CCOc1ccc(C(=O)N/N=C\c2cc(OC)c(OC)c(OC)c2)cc1. The van der Waals surface area contributed by atoms with Crippen LogP contribution in [0.5, 0.6) is 23.0 Å². The molecule has 0 saturated heterocycles. The Labute approximate surface area is 152 Å². The first kappa shape index (κ1) is 19.1. The molecule has 0 spiro atoms. The van der Waals surface area contributed by atoms with Crippen LogP contribution in [0.4, 0.5) is 0 Å². The molecule has 1 N–H and O–H groups in total. The van der Waals surface area contributed by atoms with Gasteiger partial charge in [0.05, 0.1) is 34.2 Å². The minimum atomic E-state index is -0.322. The monoisotopic (exact) mass is 358 g/mol. The summed E-state index contributed by atoms with van der Waals surface area (Å²) >= 11 is 0. The number of benzene rings is 2. The van der Waals surface area contributed by atoms with Crippen LogP contribution in [0.3, 0.4) is 0 Å². The van der Waals surface area contributed by atoms with Crippen molar-refractivity contribution in [2.75, 3.05) is 27.9 Å². The second kappa shape index (κ2) is 9.31. The van der Waals surface area contributed by atoms with Crippen molar-refractivity contribution in [1.29, 1.82) is 0 Å². The number of hydrogen-bond acceptors (Lipinski definition) is 6. The Balaban J connectivity index is 2.08. The Bertz CT molecular complexity index is 747. The second-order valence-electron chi connectivity index (χ2n) is 5.12. The Morgan fingerprint density at radius 1 is 1.04 bits per heavy atom. The molecule has 138 valence electrons. The van der Waals surface area contributed by atoms with Crippen molar-refractivity contribution in [2.24, 2.45) is 5.10 Å². The number of ether oxygens (including phenoxy) is 4. The fourth-order valence-electron chi connectivity index (χ4n) is 2.28. The number of amides is 1. The van der Waals surface area contributed by atoms with Crippen molar-refractivity contribution in [3.63, 3.8) is 0 Å². The predicted molar refractivity (Wildman–Crippen MR) is 98.8 cm³/mol. The van der Waals surface area contributed by atoms with E-state index >= 15 is 0 Å². The lowest BCUT2D eigenvalue weighted by molar-refractivity contribution is 0.0955. The Morgan fingerprint density at radius 3 is 2.15 bits per heavy atom. The molecule has 0 saturated carbocycles. The van der Waals surface area contributed by atoms with E-state index in [0.29, 0.717) is 40.7 Å². The lowest BCUT2D eigenvalue weighted by Gasteiger charge is -2.12. The van der Waals surface area contributed by atoms with Crippen LogP contribution in [0.15, 0.2) is 41.5 Å². The average molecular weight is 358 g/mol. The molecule has 7 heteroatoms. The van der Waals surface area contributed by atoms with Gasteiger partial charge in [-0.3, -0.25) is 4.79 Å². The van der Waals surface area contributed by atoms with Crippen molar-refractivity contribution in [1.82, 2.24) is 5.43 Å². The maximum Gasteiger partial charge on any atom is 0.271 e. The summed E-state index contributed by atoms with van der Waals surface area (Å²) in [6.45, 7) is 2.48. The third-order valence-electron chi connectivity index (χ3n) is 3.49. The highest BCUT2D eigenvalue weighted by atomic mass is 16.5. The number of nitrogens with zero attached hydrogens (tertiary/aromatic N) is 1. The summed E-state index contributed by atoms with van der Waals surface area (Å²) in [5.74, 6) is 1.89.